The van der Waals surface area contributed by atoms with Crippen LogP contribution in [0.25, 0.3) is 0 Å². The molecule has 1 amide bonds. The fourth-order valence-corrected chi connectivity index (χ4v) is 3.77. The third-order valence-corrected chi connectivity index (χ3v) is 4.56. The Morgan fingerprint density at radius 1 is 1.67 bits per heavy atom. The molecule has 2 heterocycles. The molecule has 3 aliphatic rings. The second-order valence-electron chi connectivity index (χ2n) is 4.82. The van der Waals surface area contributed by atoms with Gasteiger partial charge >= 0.3 is 5.91 Å². The highest BCUT2D eigenvalue weighted by atomic mass is 16.6. The zero-order valence-corrected chi connectivity index (χ0v) is 7.41. The minimum atomic E-state index is -0.470. The Bertz CT molecular complexity index is 290. The van der Waals surface area contributed by atoms with Gasteiger partial charge in [0.15, 0.2) is 11.6 Å². The highest BCUT2D eigenvalue weighted by molar-refractivity contribution is 5.77. The first kappa shape index (κ1) is 7.04. The van der Waals surface area contributed by atoms with Crippen molar-refractivity contribution in [1.82, 2.24) is 0 Å². The van der Waals surface area contributed by atoms with E-state index in [-0.39, 0.29) is 17.5 Å². The Hall–Kier alpha value is -0.410. The smallest absolute Gasteiger partial charge is 0.315 e. The van der Waals surface area contributed by atoms with Gasteiger partial charge in [0.1, 0.15) is 0 Å². The van der Waals surface area contributed by atoms with Crippen molar-refractivity contribution < 1.29 is 9.44 Å². The number of hydrogen-bond donors (Lipinski definition) is 0. The Balaban J connectivity index is 2.13. The van der Waals surface area contributed by atoms with Crippen molar-refractivity contribution in [2.75, 3.05) is 0 Å². The van der Waals surface area contributed by atoms with E-state index in [1.165, 1.54) is 0 Å². The van der Waals surface area contributed by atoms with Gasteiger partial charge in [-0.1, -0.05) is 6.92 Å². The fraction of sp³-hybridized carbons (Fsp3) is 0.889. The van der Waals surface area contributed by atoms with Crippen LogP contribution in [0.1, 0.15) is 26.7 Å². The molecule has 12 heavy (non-hydrogen) atoms. The van der Waals surface area contributed by atoms with E-state index in [9.17, 15) is 10.0 Å². The standard InChI is InChI=1S/C9H13NO2/c1-5-3-7-9(2)6(5)4-8(11)10(7,9)12/h5-7H,3-4H2,1-2H3/t5-,6?,7?,9+,10-/m1/s1. The Kier molecular flexibility index (Phi) is 0.872. The molecular weight excluding hydrogens is 154 g/mol. The third kappa shape index (κ3) is 0.390. The predicted octanol–water partition coefficient (Wildman–Crippen LogP) is 1.03. The summed E-state index contributed by atoms with van der Waals surface area (Å²) in [6, 6.07) is 0.124. The second-order valence-corrected chi connectivity index (χ2v) is 4.82. The van der Waals surface area contributed by atoms with Gasteiger partial charge in [0, 0.05) is 12.3 Å². The summed E-state index contributed by atoms with van der Waals surface area (Å²) in [6.45, 7) is 4.18. The van der Waals surface area contributed by atoms with Crippen molar-refractivity contribution in [3.05, 3.63) is 5.21 Å². The largest absolute Gasteiger partial charge is 0.624 e. The number of carbonyl (C=O) groups excluding carboxylic acids is 1. The SMILES string of the molecule is C[C@@H]1CC2[C@]3(C)C1CC(=O)[N@+]23[O-]. The Morgan fingerprint density at radius 2 is 2.33 bits per heavy atom. The molecule has 2 aliphatic heterocycles. The van der Waals surface area contributed by atoms with E-state index in [1.54, 1.807) is 0 Å². The van der Waals surface area contributed by atoms with Crippen molar-refractivity contribution >= 4 is 5.91 Å². The molecule has 0 aromatic heterocycles. The highest BCUT2D eigenvalue weighted by Crippen LogP contribution is 2.69. The van der Waals surface area contributed by atoms with Crippen LogP contribution in [0.5, 0.6) is 0 Å². The van der Waals surface area contributed by atoms with E-state index < -0.39 is 4.65 Å². The van der Waals surface area contributed by atoms with E-state index >= 15 is 0 Å². The van der Waals surface area contributed by atoms with Gasteiger partial charge in [0.25, 0.3) is 0 Å². The van der Waals surface area contributed by atoms with Gasteiger partial charge < -0.3 is 5.21 Å². The average Bonchev–Trinajstić information content (AvgIpc) is 2.26. The van der Waals surface area contributed by atoms with Crippen LogP contribution in [0, 0.1) is 17.0 Å². The number of piperidine rings is 2. The van der Waals surface area contributed by atoms with Crippen LogP contribution in [-0.2, 0) is 4.79 Å². The molecule has 3 heteroatoms. The molecule has 2 saturated heterocycles. The number of nitrogens with zero attached hydrogens (tertiary/aromatic N) is 1. The maximum absolute atomic E-state index is 12.0. The maximum Gasteiger partial charge on any atom is 0.315 e. The van der Waals surface area contributed by atoms with Gasteiger partial charge in [0.05, 0.1) is 6.42 Å². The van der Waals surface area contributed by atoms with Crippen molar-refractivity contribution in [2.24, 2.45) is 11.8 Å². The molecular formula is C9H13NO2. The number of hydrogen-bond acceptors (Lipinski definition) is 2. The van der Waals surface area contributed by atoms with Crippen LogP contribution in [0.3, 0.4) is 0 Å². The molecule has 3 rings (SSSR count). The van der Waals surface area contributed by atoms with Gasteiger partial charge in [-0.05, 0) is 12.8 Å². The zero-order chi connectivity index (χ0) is 8.72. The van der Waals surface area contributed by atoms with E-state index in [4.69, 9.17) is 0 Å². The Labute approximate surface area is 71.5 Å². The van der Waals surface area contributed by atoms with Crippen molar-refractivity contribution in [3.63, 3.8) is 0 Å². The van der Waals surface area contributed by atoms with Crippen LogP contribution in [-0.4, -0.2) is 22.1 Å². The van der Waals surface area contributed by atoms with Crippen LogP contribution in [0.4, 0.5) is 0 Å². The number of hydroxylamine groups is 3. The molecule has 3 fully saturated rings. The first-order valence-electron chi connectivity index (χ1n) is 4.66. The summed E-state index contributed by atoms with van der Waals surface area (Å²) >= 11 is 0. The van der Waals surface area contributed by atoms with E-state index in [2.05, 4.69) is 6.92 Å². The van der Waals surface area contributed by atoms with Crippen molar-refractivity contribution in [3.8, 4) is 0 Å². The number of rotatable bonds is 0. The normalized spacial score (nSPS) is 66.9. The third-order valence-electron chi connectivity index (χ3n) is 4.56. The molecule has 0 bridgehead atoms. The number of quaternary nitrogens is 1. The summed E-state index contributed by atoms with van der Waals surface area (Å²) in [5.74, 6) is 0.913. The van der Waals surface area contributed by atoms with E-state index in [1.807, 2.05) is 6.92 Å². The van der Waals surface area contributed by atoms with Crippen molar-refractivity contribution in [2.45, 2.75) is 38.3 Å². The van der Waals surface area contributed by atoms with Crippen LogP contribution in [0.2, 0.25) is 0 Å². The van der Waals surface area contributed by atoms with Gasteiger partial charge in [-0.25, -0.2) is 4.79 Å². The monoisotopic (exact) mass is 167 g/mol. The summed E-state index contributed by atoms with van der Waals surface area (Å²) in [5, 5.41) is 12.0. The zero-order valence-electron chi connectivity index (χ0n) is 7.41. The second kappa shape index (κ2) is 1.49. The Morgan fingerprint density at radius 3 is 2.83 bits per heavy atom. The van der Waals surface area contributed by atoms with Gasteiger partial charge in [0.2, 0.25) is 0 Å². The average molecular weight is 167 g/mol. The molecule has 3 nitrogen and oxygen atoms in total. The minimum absolute atomic E-state index is 0.0585. The summed E-state index contributed by atoms with van der Waals surface area (Å²) in [6.07, 6.45) is 1.51. The lowest BCUT2D eigenvalue weighted by molar-refractivity contribution is -0.705. The maximum atomic E-state index is 12.0. The molecule has 0 spiro atoms. The van der Waals surface area contributed by atoms with Crippen molar-refractivity contribution in [1.29, 1.82) is 0 Å². The summed E-state index contributed by atoms with van der Waals surface area (Å²) in [5.41, 5.74) is -0.198. The molecule has 0 aromatic rings. The highest BCUT2D eigenvalue weighted by Gasteiger charge is 2.86. The summed E-state index contributed by atoms with van der Waals surface area (Å²) in [7, 11) is 0. The van der Waals surface area contributed by atoms with Gasteiger partial charge in [-0.3, -0.25) is 4.65 Å². The summed E-state index contributed by atoms with van der Waals surface area (Å²) in [4.78, 5) is 11.4. The van der Waals surface area contributed by atoms with Crippen LogP contribution in [0.15, 0.2) is 0 Å². The fourth-order valence-electron chi connectivity index (χ4n) is 3.77. The molecule has 66 valence electrons. The molecule has 1 aliphatic carbocycles. The predicted molar refractivity (Wildman–Crippen MR) is 42.7 cm³/mol. The topological polar surface area (TPSA) is 40.1 Å². The molecule has 2 unspecified atom stereocenters. The lowest BCUT2D eigenvalue weighted by Gasteiger charge is -2.24. The lowest BCUT2D eigenvalue weighted by Crippen LogP contribution is -2.31. The first-order valence-corrected chi connectivity index (χ1v) is 4.66. The summed E-state index contributed by atoms with van der Waals surface area (Å²) < 4.78 is -0.470. The van der Waals surface area contributed by atoms with Crippen LogP contribution >= 0.6 is 0 Å². The molecule has 0 radical (unpaired) electrons. The number of carbonyl (C=O) groups is 1. The van der Waals surface area contributed by atoms with Crippen LogP contribution < -0.4 is 0 Å². The number of fused-ring (bicyclic) bond motifs is 1. The minimum Gasteiger partial charge on any atom is -0.624 e. The molecule has 5 atom stereocenters. The van der Waals surface area contributed by atoms with E-state index in [0.717, 1.165) is 6.42 Å². The van der Waals surface area contributed by atoms with Gasteiger partial charge in [-0.15, -0.1) is 0 Å². The van der Waals surface area contributed by atoms with E-state index in [0.29, 0.717) is 18.3 Å². The quantitative estimate of drug-likeness (QED) is 0.307. The first-order chi connectivity index (χ1) is 5.53. The molecule has 0 N–H and O–H groups in total. The lowest BCUT2D eigenvalue weighted by atomic mass is 9.89. The van der Waals surface area contributed by atoms with Gasteiger partial charge in [-0.2, -0.15) is 0 Å². The molecule has 1 saturated carbocycles. The molecule has 0 aromatic carbocycles. The number of amides is 1.